The van der Waals surface area contributed by atoms with Crippen molar-refractivity contribution in [3.8, 4) is 5.75 Å². The number of piperazine rings is 1. The number of para-hydroxylation sites is 1. The minimum absolute atomic E-state index is 0.327. The number of carbonyl (C=O) groups excluding carboxylic acids is 2. The van der Waals surface area contributed by atoms with E-state index in [-0.39, 0.29) is 11.8 Å². The van der Waals surface area contributed by atoms with Gasteiger partial charge in [-0.25, -0.2) is 4.90 Å². The normalized spacial score (nSPS) is 17.6. The Labute approximate surface area is 187 Å². The standard InChI is InChI=1S/C24H26ClN3O3/c1-3-26-13-15-27(16-14-26)22-21(17-9-11-18(12-10-17)31-4-2)23(29)28(24(22)30)20-8-6-5-7-19(20)25/h5-12H,3-4,13-16H2,1-2H3. The molecule has 6 nitrogen and oxygen atoms in total. The van der Waals surface area contributed by atoms with Crippen molar-refractivity contribution >= 4 is 34.7 Å². The fraction of sp³-hybridized carbons (Fsp3) is 0.333. The molecule has 1 fully saturated rings. The van der Waals surface area contributed by atoms with E-state index in [4.69, 9.17) is 16.3 Å². The summed E-state index contributed by atoms with van der Waals surface area (Å²) in [5.74, 6) is 0.0480. The highest BCUT2D eigenvalue weighted by Crippen LogP contribution is 2.38. The Kier molecular flexibility index (Phi) is 6.30. The quantitative estimate of drug-likeness (QED) is 0.643. The van der Waals surface area contributed by atoms with Gasteiger partial charge in [0.05, 0.1) is 22.9 Å². The number of hydrogen-bond acceptors (Lipinski definition) is 5. The van der Waals surface area contributed by atoms with Crippen LogP contribution in [0.25, 0.3) is 5.57 Å². The van der Waals surface area contributed by atoms with Crippen molar-refractivity contribution in [1.82, 2.24) is 9.80 Å². The van der Waals surface area contributed by atoms with Crippen molar-refractivity contribution in [3.05, 3.63) is 64.8 Å². The first-order valence-electron chi connectivity index (χ1n) is 10.6. The van der Waals surface area contributed by atoms with Gasteiger partial charge < -0.3 is 14.5 Å². The molecule has 2 amide bonds. The van der Waals surface area contributed by atoms with Gasteiger partial charge in [0.2, 0.25) is 0 Å². The number of anilines is 1. The molecule has 0 spiro atoms. The van der Waals surface area contributed by atoms with E-state index in [2.05, 4.69) is 11.8 Å². The first-order valence-corrected chi connectivity index (χ1v) is 11.0. The summed E-state index contributed by atoms with van der Waals surface area (Å²) < 4.78 is 5.53. The predicted octanol–water partition coefficient (Wildman–Crippen LogP) is 3.66. The summed E-state index contributed by atoms with van der Waals surface area (Å²) in [6.45, 7) is 8.67. The van der Waals surface area contributed by atoms with E-state index >= 15 is 0 Å². The molecule has 162 valence electrons. The number of amides is 2. The van der Waals surface area contributed by atoms with E-state index in [0.29, 0.717) is 47.2 Å². The Morgan fingerprint density at radius 2 is 1.58 bits per heavy atom. The average Bonchev–Trinajstić information content (AvgIpc) is 3.05. The fourth-order valence-corrected chi connectivity index (χ4v) is 4.32. The monoisotopic (exact) mass is 439 g/mol. The minimum atomic E-state index is -0.352. The number of likely N-dealkylation sites (N-methyl/N-ethyl adjacent to an activating group) is 1. The molecule has 0 aromatic heterocycles. The zero-order chi connectivity index (χ0) is 22.0. The van der Waals surface area contributed by atoms with E-state index in [1.807, 2.05) is 36.1 Å². The third-order valence-corrected chi connectivity index (χ3v) is 6.06. The summed E-state index contributed by atoms with van der Waals surface area (Å²) in [4.78, 5) is 32.7. The second-order valence-electron chi connectivity index (χ2n) is 7.50. The topological polar surface area (TPSA) is 53.1 Å². The van der Waals surface area contributed by atoms with Crippen molar-refractivity contribution in [2.24, 2.45) is 0 Å². The highest BCUT2D eigenvalue weighted by molar-refractivity contribution is 6.47. The van der Waals surface area contributed by atoms with Crippen LogP contribution in [0.5, 0.6) is 5.75 Å². The van der Waals surface area contributed by atoms with Gasteiger partial charge in [-0.15, -0.1) is 0 Å². The van der Waals surface area contributed by atoms with Gasteiger partial charge >= 0.3 is 0 Å². The lowest BCUT2D eigenvalue weighted by atomic mass is 10.0. The molecule has 0 unspecified atom stereocenters. The minimum Gasteiger partial charge on any atom is -0.494 e. The van der Waals surface area contributed by atoms with E-state index in [9.17, 15) is 9.59 Å². The third-order valence-electron chi connectivity index (χ3n) is 5.74. The lowest BCUT2D eigenvalue weighted by molar-refractivity contribution is -0.120. The molecule has 0 bridgehead atoms. The van der Waals surface area contributed by atoms with Gasteiger partial charge in [-0.1, -0.05) is 42.8 Å². The van der Waals surface area contributed by atoms with Crippen molar-refractivity contribution in [3.63, 3.8) is 0 Å². The molecule has 1 saturated heterocycles. The van der Waals surface area contributed by atoms with Crippen LogP contribution in [0.1, 0.15) is 19.4 Å². The van der Waals surface area contributed by atoms with Crippen molar-refractivity contribution in [2.45, 2.75) is 13.8 Å². The second-order valence-corrected chi connectivity index (χ2v) is 7.91. The fourth-order valence-electron chi connectivity index (χ4n) is 4.10. The summed E-state index contributed by atoms with van der Waals surface area (Å²) >= 11 is 6.35. The van der Waals surface area contributed by atoms with E-state index in [0.717, 1.165) is 25.4 Å². The smallest absolute Gasteiger partial charge is 0.282 e. The summed E-state index contributed by atoms with van der Waals surface area (Å²) in [6, 6.07) is 14.3. The maximum Gasteiger partial charge on any atom is 0.282 e. The van der Waals surface area contributed by atoms with Gasteiger partial charge in [-0.3, -0.25) is 9.59 Å². The van der Waals surface area contributed by atoms with Gasteiger partial charge in [-0.05, 0) is 43.3 Å². The number of ether oxygens (including phenoxy) is 1. The zero-order valence-corrected chi connectivity index (χ0v) is 18.6. The molecule has 2 aromatic rings. The van der Waals surface area contributed by atoms with Crippen LogP contribution < -0.4 is 9.64 Å². The van der Waals surface area contributed by atoms with Crippen LogP contribution in [-0.2, 0) is 9.59 Å². The van der Waals surface area contributed by atoms with Crippen molar-refractivity contribution in [1.29, 1.82) is 0 Å². The zero-order valence-electron chi connectivity index (χ0n) is 17.8. The summed E-state index contributed by atoms with van der Waals surface area (Å²) in [5, 5.41) is 0.368. The molecule has 2 aliphatic rings. The van der Waals surface area contributed by atoms with Crippen molar-refractivity contribution in [2.75, 3.05) is 44.2 Å². The highest BCUT2D eigenvalue weighted by atomic mass is 35.5. The number of benzene rings is 2. The van der Waals surface area contributed by atoms with Crippen LogP contribution in [0.3, 0.4) is 0 Å². The first kappa shape index (κ1) is 21.4. The Bertz CT molecular complexity index is 1010. The lowest BCUT2D eigenvalue weighted by Gasteiger charge is -2.36. The van der Waals surface area contributed by atoms with E-state index < -0.39 is 0 Å². The average molecular weight is 440 g/mol. The number of rotatable bonds is 6. The van der Waals surface area contributed by atoms with Gasteiger partial charge in [0, 0.05) is 26.2 Å². The molecule has 0 radical (unpaired) electrons. The molecule has 0 atom stereocenters. The number of nitrogens with zero attached hydrogens (tertiary/aromatic N) is 3. The van der Waals surface area contributed by atoms with Gasteiger partial charge in [0.25, 0.3) is 11.8 Å². The van der Waals surface area contributed by atoms with Crippen LogP contribution in [0.2, 0.25) is 5.02 Å². The van der Waals surface area contributed by atoms with E-state index in [1.54, 1.807) is 24.3 Å². The molecule has 2 aromatic carbocycles. The first-order chi connectivity index (χ1) is 15.0. The summed E-state index contributed by atoms with van der Waals surface area (Å²) in [6.07, 6.45) is 0. The Morgan fingerprint density at radius 1 is 0.903 bits per heavy atom. The highest BCUT2D eigenvalue weighted by Gasteiger charge is 2.43. The van der Waals surface area contributed by atoms with Crippen LogP contribution in [0, 0.1) is 0 Å². The molecule has 0 N–H and O–H groups in total. The molecule has 31 heavy (non-hydrogen) atoms. The molecule has 2 aliphatic heterocycles. The molecular formula is C24H26ClN3O3. The maximum atomic E-state index is 13.6. The number of imide groups is 1. The lowest BCUT2D eigenvalue weighted by Crippen LogP contribution is -2.47. The Hall–Kier alpha value is -2.83. The molecule has 0 aliphatic carbocycles. The van der Waals surface area contributed by atoms with Crippen LogP contribution in [0.4, 0.5) is 5.69 Å². The van der Waals surface area contributed by atoms with Gasteiger partial charge in [0.1, 0.15) is 11.4 Å². The van der Waals surface area contributed by atoms with E-state index in [1.165, 1.54) is 4.90 Å². The summed E-state index contributed by atoms with van der Waals surface area (Å²) in [7, 11) is 0. The summed E-state index contributed by atoms with van der Waals surface area (Å²) in [5.41, 5.74) is 1.97. The van der Waals surface area contributed by atoms with Gasteiger partial charge in [-0.2, -0.15) is 0 Å². The van der Waals surface area contributed by atoms with Crippen molar-refractivity contribution < 1.29 is 14.3 Å². The van der Waals surface area contributed by atoms with Gasteiger partial charge in [0.15, 0.2) is 0 Å². The number of hydrogen-bond donors (Lipinski definition) is 0. The molecule has 4 rings (SSSR count). The molecule has 0 saturated carbocycles. The SMILES string of the molecule is CCOc1ccc(C2=C(N3CCN(CC)CC3)C(=O)N(c3ccccc3Cl)C2=O)cc1. The Balaban J connectivity index is 1.76. The van der Waals surface area contributed by atoms with Crippen LogP contribution in [-0.4, -0.2) is 60.9 Å². The maximum absolute atomic E-state index is 13.6. The second kappa shape index (κ2) is 9.12. The molecule has 2 heterocycles. The molecule has 7 heteroatoms. The number of carbonyl (C=O) groups is 2. The Morgan fingerprint density at radius 3 is 2.19 bits per heavy atom. The largest absolute Gasteiger partial charge is 0.494 e. The third kappa shape index (κ3) is 4.05. The number of halogens is 1. The van der Waals surface area contributed by atoms with Crippen LogP contribution in [0.15, 0.2) is 54.2 Å². The molecular weight excluding hydrogens is 414 g/mol. The van der Waals surface area contributed by atoms with Crippen LogP contribution >= 0.6 is 11.6 Å². The predicted molar refractivity (Wildman–Crippen MR) is 122 cm³/mol.